The van der Waals surface area contributed by atoms with Crippen LogP contribution in [0.3, 0.4) is 0 Å². The fourth-order valence-electron chi connectivity index (χ4n) is 7.52. The van der Waals surface area contributed by atoms with Gasteiger partial charge in [-0.15, -0.1) is 0 Å². The Morgan fingerprint density at radius 1 is 0.632 bits per heavy atom. The van der Waals surface area contributed by atoms with Gasteiger partial charge in [0.1, 0.15) is 0 Å². The summed E-state index contributed by atoms with van der Waals surface area (Å²) in [5.41, 5.74) is 2.37. The zero-order chi connectivity index (χ0) is 40.6. The second-order valence-electron chi connectivity index (χ2n) is 15.1. The number of carbonyl (C=O) groups is 4. The van der Waals surface area contributed by atoms with Crippen LogP contribution in [0.1, 0.15) is 92.6 Å². The Bertz CT molecular complexity index is 1730. The molecule has 308 valence electrons. The summed E-state index contributed by atoms with van der Waals surface area (Å²) in [6.07, 6.45) is 7.01. The number of rotatable bonds is 9. The number of hydrogen-bond donors (Lipinski definition) is 2. The molecule has 6 rings (SSSR count). The summed E-state index contributed by atoms with van der Waals surface area (Å²) in [6.45, 7) is 6.65. The molecule has 0 atom stereocenters. The molecule has 2 aliphatic heterocycles. The molecule has 3 aromatic rings. The number of carbonyl (C=O) groups excluding carboxylic acids is 4. The molecule has 0 unspecified atom stereocenters. The Labute approximate surface area is 334 Å². The van der Waals surface area contributed by atoms with Crippen molar-refractivity contribution in [2.45, 2.75) is 83.7 Å². The normalized spacial score (nSPS) is 16.6. The molecular weight excluding hydrogens is 734 g/mol. The van der Waals surface area contributed by atoms with Gasteiger partial charge in [0.15, 0.2) is 0 Å². The third-order valence-corrected chi connectivity index (χ3v) is 11.0. The van der Waals surface area contributed by atoms with Gasteiger partial charge in [-0.25, -0.2) is 9.59 Å². The van der Waals surface area contributed by atoms with E-state index in [0.717, 1.165) is 37.1 Å². The molecule has 10 nitrogen and oxygen atoms in total. The second-order valence-corrected chi connectivity index (χ2v) is 15.1. The standard InChI is InChI=1S/C23H29N3O2.C21H28F3N3O2/c1-2-3-8-19-11-13-21(14-12-19)24-23(28)26-16-7-15-25(17-18-26)22(27)20-9-5-4-6-10-20;22-21(23,24)17-7-9-18(10-8-17)25-20(29)27-13-3-12-26(14-15-27)19(28)11-6-16-4-1-2-5-16/h4-6,9-14H,2-3,7-8,15-18H2,1H3,(H,24,28);7-10,16H,1-6,11-15H2,(H,25,29). The number of aryl methyl sites for hydroxylation is 1. The Balaban J connectivity index is 0.000000218. The van der Waals surface area contributed by atoms with Crippen molar-refractivity contribution in [3.05, 3.63) is 95.6 Å². The van der Waals surface area contributed by atoms with E-state index in [1.54, 1.807) is 9.80 Å². The Morgan fingerprint density at radius 3 is 1.70 bits per heavy atom. The number of unbranched alkanes of at least 4 members (excludes halogenated alkanes) is 1. The molecule has 1 aliphatic carbocycles. The quantitative estimate of drug-likeness (QED) is 0.226. The van der Waals surface area contributed by atoms with Gasteiger partial charge in [0.05, 0.1) is 5.56 Å². The second kappa shape index (κ2) is 21.5. The molecule has 2 N–H and O–H groups in total. The van der Waals surface area contributed by atoms with Crippen molar-refractivity contribution < 1.29 is 32.3 Å². The molecule has 1 saturated carbocycles. The molecule has 6 amide bonds. The molecule has 57 heavy (non-hydrogen) atoms. The van der Waals surface area contributed by atoms with E-state index in [2.05, 4.69) is 29.7 Å². The Kier molecular flexibility index (Phi) is 16.2. The summed E-state index contributed by atoms with van der Waals surface area (Å²) in [6, 6.07) is 21.3. The minimum absolute atomic E-state index is 0.0329. The summed E-state index contributed by atoms with van der Waals surface area (Å²) in [5, 5.41) is 5.62. The topological polar surface area (TPSA) is 105 Å². The van der Waals surface area contributed by atoms with Gasteiger partial charge in [0.2, 0.25) is 5.91 Å². The van der Waals surface area contributed by atoms with Crippen LogP contribution in [0.4, 0.5) is 34.1 Å². The maximum absolute atomic E-state index is 12.6. The number of benzene rings is 3. The van der Waals surface area contributed by atoms with E-state index in [1.807, 2.05) is 52.3 Å². The van der Waals surface area contributed by atoms with Crippen LogP contribution in [0, 0.1) is 5.92 Å². The summed E-state index contributed by atoms with van der Waals surface area (Å²) >= 11 is 0. The number of nitrogens with zero attached hydrogens (tertiary/aromatic N) is 4. The molecule has 0 radical (unpaired) electrons. The van der Waals surface area contributed by atoms with Gasteiger partial charge in [0.25, 0.3) is 5.91 Å². The van der Waals surface area contributed by atoms with Crippen molar-refractivity contribution in [1.82, 2.24) is 19.6 Å². The Hall–Kier alpha value is -5.07. The van der Waals surface area contributed by atoms with Crippen LogP contribution < -0.4 is 10.6 Å². The van der Waals surface area contributed by atoms with Gasteiger partial charge in [-0.2, -0.15) is 13.2 Å². The van der Waals surface area contributed by atoms with Crippen molar-refractivity contribution >= 4 is 35.3 Å². The molecule has 2 heterocycles. The fraction of sp³-hybridized carbons (Fsp3) is 0.500. The van der Waals surface area contributed by atoms with Crippen molar-refractivity contribution in [3.8, 4) is 0 Å². The lowest BCUT2D eigenvalue weighted by Crippen LogP contribution is -2.39. The van der Waals surface area contributed by atoms with E-state index in [9.17, 15) is 32.3 Å². The van der Waals surface area contributed by atoms with E-state index in [0.29, 0.717) is 82.4 Å². The van der Waals surface area contributed by atoms with E-state index in [-0.39, 0.29) is 23.9 Å². The van der Waals surface area contributed by atoms with Crippen LogP contribution in [0.2, 0.25) is 0 Å². The minimum Gasteiger partial charge on any atom is -0.341 e. The van der Waals surface area contributed by atoms with Crippen LogP contribution >= 0.6 is 0 Å². The third kappa shape index (κ3) is 13.5. The first-order valence-corrected chi connectivity index (χ1v) is 20.5. The lowest BCUT2D eigenvalue weighted by Gasteiger charge is -2.23. The van der Waals surface area contributed by atoms with Gasteiger partial charge in [-0.3, -0.25) is 9.59 Å². The van der Waals surface area contributed by atoms with E-state index < -0.39 is 11.7 Å². The molecule has 3 aliphatic rings. The molecule has 0 bridgehead atoms. The summed E-state index contributed by atoms with van der Waals surface area (Å²) < 4.78 is 37.9. The fourth-order valence-corrected chi connectivity index (χ4v) is 7.52. The largest absolute Gasteiger partial charge is 0.416 e. The monoisotopic (exact) mass is 790 g/mol. The zero-order valence-corrected chi connectivity index (χ0v) is 33.1. The number of hydrogen-bond acceptors (Lipinski definition) is 4. The van der Waals surface area contributed by atoms with Gasteiger partial charge in [-0.1, -0.05) is 69.4 Å². The summed E-state index contributed by atoms with van der Waals surface area (Å²) in [5.74, 6) is 0.865. The SMILES string of the molecule is CCCCc1ccc(NC(=O)N2CCCN(C(=O)c3ccccc3)CC2)cc1.O=C(CCC1CCCC1)N1CCCN(C(=O)Nc2ccc(C(F)(F)F)cc2)CC1. The molecule has 0 aromatic heterocycles. The van der Waals surface area contributed by atoms with Gasteiger partial charge in [-0.05, 0) is 92.1 Å². The number of anilines is 2. The van der Waals surface area contributed by atoms with E-state index in [1.165, 1.54) is 56.2 Å². The van der Waals surface area contributed by atoms with Crippen LogP contribution in [0.5, 0.6) is 0 Å². The number of alkyl halides is 3. The number of amides is 6. The van der Waals surface area contributed by atoms with Crippen LogP contribution in [0.25, 0.3) is 0 Å². The first-order chi connectivity index (χ1) is 27.5. The van der Waals surface area contributed by atoms with Crippen molar-refractivity contribution in [3.63, 3.8) is 0 Å². The smallest absolute Gasteiger partial charge is 0.341 e. The highest BCUT2D eigenvalue weighted by atomic mass is 19.4. The highest BCUT2D eigenvalue weighted by molar-refractivity contribution is 5.94. The first kappa shape index (κ1) is 43.1. The van der Waals surface area contributed by atoms with Crippen molar-refractivity contribution in [1.29, 1.82) is 0 Å². The zero-order valence-electron chi connectivity index (χ0n) is 33.1. The number of nitrogens with one attached hydrogen (secondary N) is 2. The van der Waals surface area contributed by atoms with E-state index >= 15 is 0 Å². The maximum atomic E-state index is 12.6. The van der Waals surface area contributed by atoms with Crippen molar-refractivity contribution in [2.75, 3.05) is 63.0 Å². The third-order valence-electron chi connectivity index (χ3n) is 11.0. The van der Waals surface area contributed by atoms with Crippen LogP contribution in [0.15, 0.2) is 78.9 Å². The number of urea groups is 2. The van der Waals surface area contributed by atoms with Gasteiger partial charge in [0, 0.05) is 75.7 Å². The molecule has 0 spiro atoms. The summed E-state index contributed by atoms with van der Waals surface area (Å²) in [7, 11) is 0. The lowest BCUT2D eigenvalue weighted by molar-refractivity contribution is -0.137. The Morgan fingerprint density at radius 2 is 1.14 bits per heavy atom. The predicted octanol–water partition coefficient (Wildman–Crippen LogP) is 9.15. The molecule has 2 saturated heterocycles. The average Bonchev–Trinajstić information content (AvgIpc) is 3.45. The molecular formula is C44H57F3N6O4. The predicted molar refractivity (Wildman–Crippen MR) is 217 cm³/mol. The lowest BCUT2D eigenvalue weighted by atomic mass is 10.0. The van der Waals surface area contributed by atoms with E-state index in [4.69, 9.17) is 0 Å². The highest BCUT2D eigenvalue weighted by Gasteiger charge is 2.30. The maximum Gasteiger partial charge on any atom is 0.416 e. The average molecular weight is 791 g/mol. The first-order valence-electron chi connectivity index (χ1n) is 20.5. The molecule has 3 aromatic carbocycles. The van der Waals surface area contributed by atoms with Gasteiger partial charge < -0.3 is 30.2 Å². The molecule has 13 heteroatoms. The minimum atomic E-state index is -4.40. The van der Waals surface area contributed by atoms with Gasteiger partial charge >= 0.3 is 18.2 Å². The highest BCUT2D eigenvalue weighted by Crippen LogP contribution is 2.30. The number of halogens is 3. The molecule has 3 fully saturated rings. The summed E-state index contributed by atoms with van der Waals surface area (Å²) in [4.78, 5) is 57.3. The van der Waals surface area contributed by atoms with Crippen LogP contribution in [-0.2, 0) is 17.4 Å². The van der Waals surface area contributed by atoms with Crippen molar-refractivity contribution in [2.24, 2.45) is 5.92 Å². The van der Waals surface area contributed by atoms with Crippen LogP contribution in [-0.4, -0.2) is 95.8 Å².